The van der Waals surface area contributed by atoms with Gasteiger partial charge < -0.3 is 19.7 Å². The predicted molar refractivity (Wildman–Crippen MR) is 188 cm³/mol. The van der Waals surface area contributed by atoms with E-state index in [1.54, 1.807) is 11.3 Å². The smallest absolute Gasteiger partial charge is 0.337 e. The number of aromatic nitrogens is 1. The standard InChI is InChI=1S/C38H41ClN2O5S/c1-21-16-28(23-12-14-41(15-13-23)38(44)19-45-20-38)29-18-25(8-11-27(21)29)35-40-30-17-22(2)31(33(36(42)43)46-37(3,4)5)32(34(30)47-35)24-6-9-26(39)10-7-24/h6-11,16-18,21,23,33,44H,12-15,19-20H2,1-5H3,(H,42,43)/t21?,33-/m0/s1. The monoisotopic (exact) mass is 672 g/mol. The Morgan fingerprint density at radius 3 is 2.40 bits per heavy atom. The Bertz CT molecular complexity index is 1880. The molecule has 3 heterocycles. The van der Waals surface area contributed by atoms with Gasteiger partial charge in [0.25, 0.3) is 0 Å². The molecule has 47 heavy (non-hydrogen) atoms. The summed E-state index contributed by atoms with van der Waals surface area (Å²) >= 11 is 7.86. The van der Waals surface area contributed by atoms with E-state index < -0.39 is 23.4 Å². The van der Waals surface area contributed by atoms with Crippen LogP contribution in [0.5, 0.6) is 0 Å². The number of rotatable bonds is 7. The molecular weight excluding hydrogens is 632 g/mol. The number of aliphatic carboxylic acids is 1. The van der Waals surface area contributed by atoms with E-state index in [-0.39, 0.29) is 0 Å². The zero-order chi connectivity index (χ0) is 33.2. The van der Waals surface area contributed by atoms with Crippen molar-refractivity contribution in [1.29, 1.82) is 0 Å². The van der Waals surface area contributed by atoms with E-state index in [9.17, 15) is 15.0 Å². The number of allylic oxidation sites excluding steroid dienone is 2. The first kappa shape index (κ1) is 32.4. The summed E-state index contributed by atoms with van der Waals surface area (Å²) in [7, 11) is 0. The average Bonchev–Trinajstić information content (AvgIpc) is 3.58. The number of carbonyl (C=O) groups is 1. The molecule has 3 aromatic carbocycles. The van der Waals surface area contributed by atoms with Crippen LogP contribution in [0.4, 0.5) is 0 Å². The van der Waals surface area contributed by atoms with Gasteiger partial charge in [-0.1, -0.05) is 48.9 Å². The number of halogens is 1. The van der Waals surface area contributed by atoms with E-state index in [1.165, 1.54) is 16.7 Å². The topological polar surface area (TPSA) is 92.1 Å². The number of piperidine rings is 1. The number of hydrogen-bond acceptors (Lipinski definition) is 7. The third-order valence-corrected chi connectivity index (χ3v) is 11.1. The van der Waals surface area contributed by atoms with Crippen molar-refractivity contribution in [3.8, 4) is 21.7 Å². The fourth-order valence-corrected chi connectivity index (χ4v) is 8.62. The minimum absolute atomic E-state index is 0.337. The van der Waals surface area contributed by atoms with E-state index in [2.05, 4.69) is 36.1 Å². The van der Waals surface area contributed by atoms with Crippen molar-refractivity contribution in [3.63, 3.8) is 0 Å². The summed E-state index contributed by atoms with van der Waals surface area (Å²) in [6.45, 7) is 12.3. The van der Waals surface area contributed by atoms with Gasteiger partial charge in [-0.15, -0.1) is 11.3 Å². The molecule has 7 nitrogen and oxygen atoms in total. The summed E-state index contributed by atoms with van der Waals surface area (Å²) in [5, 5.41) is 22.7. The molecule has 1 aliphatic carbocycles. The largest absolute Gasteiger partial charge is 0.479 e. The molecule has 1 unspecified atom stereocenters. The molecule has 4 aromatic rings. The van der Waals surface area contributed by atoms with Gasteiger partial charge in [-0.05, 0) is 98.5 Å². The second-order valence-electron chi connectivity index (χ2n) is 14.3. The predicted octanol–water partition coefficient (Wildman–Crippen LogP) is 8.46. The van der Waals surface area contributed by atoms with Crippen LogP contribution in [0.15, 0.2) is 54.6 Å². The second kappa shape index (κ2) is 12.1. The molecule has 1 aromatic heterocycles. The van der Waals surface area contributed by atoms with Crippen LogP contribution in [0.2, 0.25) is 5.02 Å². The van der Waals surface area contributed by atoms with Crippen LogP contribution < -0.4 is 0 Å². The lowest BCUT2D eigenvalue weighted by atomic mass is 9.85. The van der Waals surface area contributed by atoms with Gasteiger partial charge in [0.2, 0.25) is 0 Å². The highest BCUT2D eigenvalue weighted by Crippen LogP contribution is 2.47. The van der Waals surface area contributed by atoms with Gasteiger partial charge in [0, 0.05) is 40.7 Å². The molecule has 9 heteroatoms. The Kier molecular flexibility index (Phi) is 8.35. The second-order valence-corrected chi connectivity index (χ2v) is 15.7. The van der Waals surface area contributed by atoms with E-state index in [1.807, 2.05) is 58.0 Å². The maximum absolute atomic E-state index is 12.7. The quantitative estimate of drug-likeness (QED) is 0.204. The van der Waals surface area contributed by atoms with Crippen LogP contribution in [-0.2, 0) is 14.3 Å². The van der Waals surface area contributed by atoms with Crippen LogP contribution in [-0.4, -0.2) is 63.7 Å². The Labute approximate surface area is 284 Å². The summed E-state index contributed by atoms with van der Waals surface area (Å²) in [6.07, 6.45) is 3.26. The van der Waals surface area contributed by atoms with Gasteiger partial charge in [0.1, 0.15) is 5.01 Å². The van der Waals surface area contributed by atoms with E-state index in [4.69, 9.17) is 26.1 Å². The van der Waals surface area contributed by atoms with Gasteiger partial charge in [-0.3, -0.25) is 4.90 Å². The zero-order valence-electron chi connectivity index (χ0n) is 27.5. The first-order valence-electron chi connectivity index (χ1n) is 16.3. The van der Waals surface area contributed by atoms with Crippen molar-refractivity contribution in [2.45, 2.75) is 70.8 Å². The number of benzene rings is 3. The molecule has 7 rings (SSSR count). The third-order valence-electron chi connectivity index (χ3n) is 9.74. The lowest BCUT2D eigenvalue weighted by Gasteiger charge is -2.48. The highest BCUT2D eigenvalue weighted by atomic mass is 35.5. The van der Waals surface area contributed by atoms with Crippen molar-refractivity contribution in [2.24, 2.45) is 5.92 Å². The summed E-state index contributed by atoms with van der Waals surface area (Å²) in [4.78, 5) is 20.0. The van der Waals surface area contributed by atoms with Crippen molar-refractivity contribution >= 4 is 44.7 Å². The number of thiazole rings is 1. The molecule has 2 atom stereocenters. The first-order valence-corrected chi connectivity index (χ1v) is 17.5. The van der Waals surface area contributed by atoms with Gasteiger partial charge in [-0.25, -0.2) is 9.78 Å². The summed E-state index contributed by atoms with van der Waals surface area (Å²) in [5.41, 5.74) is 7.56. The number of aliphatic hydroxyl groups is 1. The molecule has 0 amide bonds. The maximum Gasteiger partial charge on any atom is 0.337 e. The SMILES string of the molecule is Cc1cc2nc(-c3ccc4c(c3)C(C3CCN(C5(O)COC5)CC3)=CC4C)sc2c(-c2ccc(Cl)cc2)c1[C@H](OC(C)(C)C)C(=O)O. The zero-order valence-corrected chi connectivity index (χ0v) is 29.0. The molecule has 3 aliphatic rings. The minimum atomic E-state index is -1.16. The first-order chi connectivity index (χ1) is 22.3. The van der Waals surface area contributed by atoms with E-state index >= 15 is 0 Å². The van der Waals surface area contributed by atoms with E-state index in [0.29, 0.717) is 35.6 Å². The van der Waals surface area contributed by atoms with Gasteiger partial charge in [0.15, 0.2) is 11.8 Å². The molecular formula is C38H41ClN2O5S. The van der Waals surface area contributed by atoms with Crippen molar-refractivity contribution in [2.75, 3.05) is 26.3 Å². The molecule has 246 valence electrons. The summed E-state index contributed by atoms with van der Waals surface area (Å²) < 4.78 is 12.4. The Morgan fingerprint density at radius 1 is 1.11 bits per heavy atom. The number of aryl methyl sites for hydroxylation is 1. The van der Waals surface area contributed by atoms with Crippen LogP contribution in [0.1, 0.15) is 74.8 Å². The minimum Gasteiger partial charge on any atom is -0.479 e. The number of nitrogens with zero attached hydrogens (tertiary/aromatic N) is 2. The average molecular weight is 673 g/mol. The van der Waals surface area contributed by atoms with Crippen molar-refractivity contribution < 1.29 is 24.5 Å². The fourth-order valence-electron chi connectivity index (χ4n) is 7.38. The molecule has 2 N–H and O–H groups in total. The normalized spacial score (nSPS) is 20.6. The molecule has 2 saturated heterocycles. The maximum atomic E-state index is 12.7. The van der Waals surface area contributed by atoms with Crippen LogP contribution >= 0.6 is 22.9 Å². The Hall–Kier alpha value is -3.11. The number of fused-ring (bicyclic) bond motifs is 2. The van der Waals surface area contributed by atoms with Crippen LogP contribution in [0.25, 0.3) is 37.5 Å². The Morgan fingerprint density at radius 2 is 1.79 bits per heavy atom. The number of ether oxygens (including phenoxy) is 2. The number of carboxylic acids is 1. The van der Waals surface area contributed by atoms with Crippen molar-refractivity contribution in [3.05, 3.63) is 81.9 Å². The van der Waals surface area contributed by atoms with E-state index in [0.717, 1.165) is 63.4 Å². The van der Waals surface area contributed by atoms with Gasteiger partial charge in [0.05, 0.1) is 29.0 Å². The number of hydrogen-bond donors (Lipinski definition) is 2. The highest BCUT2D eigenvalue weighted by Gasteiger charge is 2.44. The van der Waals surface area contributed by atoms with Gasteiger partial charge >= 0.3 is 5.97 Å². The molecule has 2 fully saturated rings. The van der Waals surface area contributed by atoms with Crippen LogP contribution in [0.3, 0.4) is 0 Å². The lowest BCUT2D eigenvalue weighted by molar-refractivity contribution is -0.261. The lowest BCUT2D eigenvalue weighted by Crippen LogP contribution is -2.63. The summed E-state index contributed by atoms with van der Waals surface area (Å²) in [5.74, 6) is -0.262. The fraction of sp³-hybridized carbons (Fsp3) is 0.421. The van der Waals surface area contributed by atoms with Gasteiger partial charge in [-0.2, -0.15) is 0 Å². The number of carboxylic acid groups (broad SMARTS) is 1. The molecule has 0 bridgehead atoms. The van der Waals surface area contributed by atoms with Crippen molar-refractivity contribution in [1.82, 2.24) is 9.88 Å². The van der Waals surface area contributed by atoms with Crippen LogP contribution in [0, 0.1) is 12.8 Å². The number of likely N-dealkylation sites (tertiary alicyclic amines) is 1. The summed E-state index contributed by atoms with van der Waals surface area (Å²) in [6, 6.07) is 16.2. The third kappa shape index (κ3) is 6.05. The molecule has 0 radical (unpaired) electrons. The molecule has 0 saturated carbocycles. The Balaban J connectivity index is 1.29. The highest BCUT2D eigenvalue weighted by molar-refractivity contribution is 7.22. The molecule has 2 aliphatic heterocycles. The molecule has 0 spiro atoms.